The molecule has 3 heteroatoms. The molecular formula is C16H28N2O. The summed E-state index contributed by atoms with van der Waals surface area (Å²) in [6.45, 7) is 9.35. The summed E-state index contributed by atoms with van der Waals surface area (Å²) in [6, 6.07) is 4.63. The smallest absolute Gasteiger partial charge is 0.122 e. The molecule has 0 saturated carbocycles. The summed E-state index contributed by atoms with van der Waals surface area (Å²) < 4.78 is 5.54. The molecule has 0 aromatic heterocycles. The number of hydrogen-bond donors (Lipinski definition) is 1. The zero-order valence-electron chi connectivity index (χ0n) is 13.4. The summed E-state index contributed by atoms with van der Waals surface area (Å²) in [4.78, 5) is 2.17. The molecule has 0 aliphatic rings. The maximum absolute atomic E-state index is 5.93. The first-order valence-electron chi connectivity index (χ1n) is 6.77. The monoisotopic (exact) mass is 264 g/mol. The molecule has 0 aliphatic heterocycles. The van der Waals surface area contributed by atoms with Crippen LogP contribution in [-0.2, 0) is 5.41 Å². The second-order valence-electron chi connectivity index (χ2n) is 6.37. The zero-order chi connectivity index (χ0) is 14.8. The molecule has 108 valence electrons. The van der Waals surface area contributed by atoms with Crippen molar-refractivity contribution in [2.75, 3.05) is 27.7 Å². The lowest BCUT2D eigenvalue weighted by Crippen LogP contribution is -2.28. The van der Waals surface area contributed by atoms with E-state index in [2.05, 4.69) is 58.8 Å². The van der Waals surface area contributed by atoms with E-state index in [1.165, 1.54) is 16.7 Å². The molecule has 0 fully saturated rings. The van der Waals surface area contributed by atoms with Crippen LogP contribution in [0.25, 0.3) is 0 Å². The van der Waals surface area contributed by atoms with E-state index in [-0.39, 0.29) is 11.5 Å². The van der Waals surface area contributed by atoms with Gasteiger partial charge in [0.2, 0.25) is 0 Å². The number of nitrogens with zero attached hydrogens (tertiary/aromatic N) is 1. The van der Waals surface area contributed by atoms with Gasteiger partial charge in [-0.05, 0) is 55.3 Å². The Morgan fingerprint density at radius 3 is 2.21 bits per heavy atom. The van der Waals surface area contributed by atoms with Gasteiger partial charge in [0.15, 0.2) is 0 Å². The van der Waals surface area contributed by atoms with Gasteiger partial charge in [-0.2, -0.15) is 0 Å². The van der Waals surface area contributed by atoms with Gasteiger partial charge in [-0.1, -0.05) is 20.8 Å². The first kappa shape index (κ1) is 16.0. The number of nitrogens with two attached hydrogens (primary N) is 1. The van der Waals surface area contributed by atoms with Gasteiger partial charge >= 0.3 is 0 Å². The number of likely N-dealkylation sites (N-methyl/N-ethyl adjacent to an activating group) is 1. The molecule has 0 spiro atoms. The molecule has 1 rings (SSSR count). The van der Waals surface area contributed by atoms with E-state index < -0.39 is 0 Å². The summed E-state index contributed by atoms with van der Waals surface area (Å²) in [7, 11) is 5.87. The zero-order valence-corrected chi connectivity index (χ0v) is 13.4. The first-order valence-corrected chi connectivity index (χ1v) is 6.77. The highest BCUT2D eigenvalue weighted by Gasteiger charge is 2.23. The van der Waals surface area contributed by atoms with Crippen molar-refractivity contribution in [3.63, 3.8) is 0 Å². The van der Waals surface area contributed by atoms with Crippen LogP contribution in [0, 0.1) is 6.92 Å². The molecule has 19 heavy (non-hydrogen) atoms. The summed E-state index contributed by atoms with van der Waals surface area (Å²) in [5, 5.41) is 0. The lowest BCUT2D eigenvalue weighted by Gasteiger charge is -2.29. The second kappa shape index (κ2) is 5.93. The van der Waals surface area contributed by atoms with Gasteiger partial charge in [0.25, 0.3) is 0 Å². The van der Waals surface area contributed by atoms with E-state index in [1.54, 1.807) is 7.11 Å². The van der Waals surface area contributed by atoms with Crippen LogP contribution in [0.2, 0.25) is 0 Å². The molecule has 0 amide bonds. The van der Waals surface area contributed by atoms with Crippen LogP contribution in [0.4, 0.5) is 0 Å². The van der Waals surface area contributed by atoms with Crippen LogP contribution in [0.1, 0.15) is 43.5 Å². The van der Waals surface area contributed by atoms with Gasteiger partial charge in [0.05, 0.1) is 7.11 Å². The molecule has 0 saturated heterocycles. The van der Waals surface area contributed by atoms with Crippen LogP contribution in [0.3, 0.4) is 0 Å². The van der Waals surface area contributed by atoms with E-state index in [1.807, 2.05) is 0 Å². The third kappa shape index (κ3) is 3.48. The summed E-state index contributed by atoms with van der Waals surface area (Å²) >= 11 is 0. The van der Waals surface area contributed by atoms with E-state index in [4.69, 9.17) is 10.5 Å². The standard InChI is InChI=1S/C16H28N2O/c1-11-8-15(19-7)13(16(2,3)4)9-12(11)14(10-17)18(5)6/h8-9,14H,10,17H2,1-7H3. The van der Waals surface area contributed by atoms with Gasteiger partial charge in [-0.3, -0.25) is 0 Å². The molecule has 0 aliphatic carbocycles. The Hall–Kier alpha value is -1.06. The van der Waals surface area contributed by atoms with E-state index in [0.29, 0.717) is 6.54 Å². The molecule has 1 atom stereocenters. The molecular weight excluding hydrogens is 236 g/mol. The maximum Gasteiger partial charge on any atom is 0.122 e. The Labute approximate surface area is 117 Å². The Bertz CT molecular complexity index is 433. The van der Waals surface area contributed by atoms with Gasteiger partial charge in [-0.15, -0.1) is 0 Å². The molecule has 0 heterocycles. The van der Waals surface area contributed by atoms with Crippen LogP contribution in [-0.4, -0.2) is 32.6 Å². The molecule has 0 radical (unpaired) electrons. The summed E-state index contributed by atoms with van der Waals surface area (Å²) in [6.07, 6.45) is 0. The fraction of sp³-hybridized carbons (Fsp3) is 0.625. The van der Waals surface area contributed by atoms with E-state index in [0.717, 1.165) is 5.75 Å². The Kier molecular flexibility index (Phi) is 4.99. The predicted molar refractivity (Wildman–Crippen MR) is 81.9 cm³/mol. The number of methoxy groups -OCH3 is 1. The average molecular weight is 264 g/mol. The van der Waals surface area contributed by atoms with Crippen LogP contribution in [0.5, 0.6) is 5.75 Å². The van der Waals surface area contributed by atoms with Crippen molar-refractivity contribution in [1.29, 1.82) is 0 Å². The Morgan fingerprint density at radius 2 is 1.84 bits per heavy atom. The topological polar surface area (TPSA) is 38.5 Å². The maximum atomic E-state index is 5.93. The Morgan fingerprint density at radius 1 is 1.26 bits per heavy atom. The SMILES string of the molecule is COc1cc(C)c(C(CN)N(C)C)cc1C(C)(C)C. The third-order valence-corrected chi connectivity index (χ3v) is 3.60. The van der Waals surface area contributed by atoms with E-state index >= 15 is 0 Å². The van der Waals surface area contributed by atoms with Gasteiger partial charge in [0.1, 0.15) is 5.75 Å². The molecule has 0 bridgehead atoms. The van der Waals surface area contributed by atoms with Crippen molar-refractivity contribution < 1.29 is 4.74 Å². The van der Waals surface area contributed by atoms with Crippen molar-refractivity contribution >= 4 is 0 Å². The number of aryl methyl sites for hydroxylation is 1. The number of ether oxygens (including phenoxy) is 1. The number of benzene rings is 1. The molecule has 2 N–H and O–H groups in total. The summed E-state index contributed by atoms with van der Waals surface area (Å²) in [5.41, 5.74) is 9.74. The lowest BCUT2D eigenvalue weighted by atomic mass is 9.83. The van der Waals surface area contributed by atoms with Crippen molar-refractivity contribution in [2.24, 2.45) is 5.73 Å². The van der Waals surface area contributed by atoms with Crippen molar-refractivity contribution in [3.8, 4) is 5.75 Å². The first-order chi connectivity index (χ1) is 8.72. The minimum absolute atomic E-state index is 0.0548. The molecule has 3 nitrogen and oxygen atoms in total. The summed E-state index contributed by atoms with van der Waals surface area (Å²) in [5.74, 6) is 0.961. The van der Waals surface area contributed by atoms with Gasteiger partial charge in [-0.25, -0.2) is 0 Å². The fourth-order valence-corrected chi connectivity index (χ4v) is 2.43. The molecule has 1 aromatic carbocycles. The Balaban J connectivity index is 3.42. The van der Waals surface area contributed by atoms with Gasteiger partial charge in [0, 0.05) is 12.6 Å². The second-order valence-corrected chi connectivity index (χ2v) is 6.37. The highest BCUT2D eigenvalue weighted by Crippen LogP contribution is 2.36. The number of hydrogen-bond acceptors (Lipinski definition) is 3. The lowest BCUT2D eigenvalue weighted by molar-refractivity contribution is 0.304. The van der Waals surface area contributed by atoms with Crippen molar-refractivity contribution in [2.45, 2.75) is 39.2 Å². The molecule has 1 aromatic rings. The minimum Gasteiger partial charge on any atom is -0.496 e. The predicted octanol–water partition coefficient (Wildman–Crippen LogP) is 2.86. The average Bonchev–Trinajstić information content (AvgIpc) is 2.29. The minimum atomic E-state index is 0.0548. The largest absolute Gasteiger partial charge is 0.496 e. The quantitative estimate of drug-likeness (QED) is 0.909. The van der Waals surface area contributed by atoms with Crippen LogP contribution >= 0.6 is 0 Å². The molecule has 1 unspecified atom stereocenters. The normalized spacial score (nSPS) is 13.7. The third-order valence-electron chi connectivity index (χ3n) is 3.60. The highest BCUT2D eigenvalue weighted by molar-refractivity contribution is 5.46. The highest BCUT2D eigenvalue weighted by atomic mass is 16.5. The van der Waals surface area contributed by atoms with Crippen LogP contribution < -0.4 is 10.5 Å². The fourth-order valence-electron chi connectivity index (χ4n) is 2.43. The van der Waals surface area contributed by atoms with Crippen LogP contribution in [0.15, 0.2) is 12.1 Å². The van der Waals surface area contributed by atoms with Gasteiger partial charge < -0.3 is 15.4 Å². The van der Waals surface area contributed by atoms with Crippen molar-refractivity contribution in [1.82, 2.24) is 4.90 Å². The number of rotatable bonds is 4. The van der Waals surface area contributed by atoms with Crippen molar-refractivity contribution in [3.05, 3.63) is 28.8 Å². The van der Waals surface area contributed by atoms with E-state index in [9.17, 15) is 0 Å².